The molecule has 8 nitrogen and oxygen atoms in total. The van der Waals surface area contributed by atoms with Crippen LogP contribution in [-0.4, -0.2) is 66.6 Å². The molecule has 0 aromatic heterocycles. The maximum atomic E-state index is 12.5. The first kappa shape index (κ1) is 20.7. The maximum Gasteiger partial charge on any atom is 0.410 e. The van der Waals surface area contributed by atoms with Crippen molar-refractivity contribution >= 4 is 18.0 Å². The topological polar surface area (TPSA) is 102 Å². The Morgan fingerprint density at radius 3 is 2.44 bits per heavy atom. The van der Waals surface area contributed by atoms with Gasteiger partial charge < -0.3 is 20.1 Å². The molecular formula is C19H27N3O5. The average molecular weight is 377 g/mol. The molecule has 1 aliphatic heterocycles. The molecule has 0 radical (unpaired) electrons. The van der Waals surface area contributed by atoms with E-state index in [-0.39, 0.29) is 38.1 Å². The van der Waals surface area contributed by atoms with E-state index in [1.807, 2.05) is 44.2 Å². The Morgan fingerprint density at radius 1 is 1.19 bits per heavy atom. The molecule has 0 saturated carbocycles. The fourth-order valence-electron chi connectivity index (χ4n) is 2.84. The van der Waals surface area contributed by atoms with Gasteiger partial charge in [0.05, 0.1) is 19.7 Å². The third-order valence-corrected chi connectivity index (χ3v) is 4.61. The highest BCUT2D eigenvalue weighted by atomic mass is 16.6. The van der Waals surface area contributed by atoms with Gasteiger partial charge in [-0.05, 0) is 11.5 Å². The van der Waals surface area contributed by atoms with Gasteiger partial charge in [-0.2, -0.15) is 0 Å². The summed E-state index contributed by atoms with van der Waals surface area (Å²) in [5.41, 5.74) is 6.78. The first-order valence-corrected chi connectivity index (χ1v) is 8.94. The van der Waals surface area contributed by atoms with Gasteiger partial charge in [-0.15, -0.1) is 0 Å². The third kappa shape index (κ3) is 5.19. The van der Waals surface area contributed by atoms with Crippen LogP contribution in [-0.2, 0) is 25.7 Å². The van der Waals surface area contributed by atoms with Crippen LogP contribution < -0.4 is 5.73 Å². The van der Waals surface area contributed by atoms with Gasteiger partial charge >= 0.3 is 12.1 Å². The lowest BCUT2D eigenvalue weighted by atomic mass is 10.0. The molecule has 1 aromatic carbocycles. The first-order valence-electron chi connectivity index (χ1n) is 8.94. The van der Waals surface area contributed by atoms with Crippen molar-refractivity contribution in [3.05, 3.63) is 35.9 Å². The van der Waals surface area contributed by atoms with E-state index in [4.69, 9.17) is 15.2 Å². The van der Waals surface area contributed by atoms with E-state index in [1.165, 1.54) is 16.9 Å². The summed E-state index contributed by atoms with van der Waals surface area (Å²) in [6.45, 7) is 4.31. The van der Waals surface area contributed by atoms with E-state index >= 15 is 0 Å². The number of nitrogens with two attached hydrogens (primary N) is 1. The average Bonchev–Trinajstić information content (AvgIpc) is 2.70. The highest BCUT2D eigenvalue weighted by molar-refractivity contribution is 5.86. The molecule has 1 aliphatic rings. The number of rotatable bonds is 5. The van der Waals surface area contributed by atoms with Gasteiger partial charge in [0.1, 0.15) is 6.61 Å². The van der Waals surface area contributed by atoms with Crippen molar-refractivity contribution in [2.75, 3.05) is 26.7 Å². The predicted molar refractivity (Wildman–Crippen MR) is 98.5 cm³/mol. The Bertz CT molecular complexity index is 665. The Morgan fingerprint density at radius 2 is 1.85 bits per heavy atom. The molecule has 2 atom stereocenters. The van der Waals surface area contributed by atoms with Crippen molar-refractivity contribution in [3.63, 3.8) is 0 Å². The number of esters is 1. The van der Waals surface area contributed by atoms with Crippen LogP contribution in [0.5, 0.6) is 0 Å². The van der Waals surface area contributed by atoms with Gasteiger partial charge in [-0.25, -0.2) is 9.59 Å². The molecule has 2 N–H and O–H groups in total. The molecule has 1 aromatic rings. The van der Waals surface area contributed by atoms with Crippen molar-refractivity contribution in [1.82, 2.24) is 9.80 Å². The highest BCUT2D eigenvalue weighted by Crippen LogP contribution is 2.16. The van der Waals surface area contributed by atoms with Crippen LogP contribution in [0.4, 0.5) is 4.79 Å². The lowest BCUT2D eigenvalue weighted by molar-refractivity contribution is -0.151. The number of hydrogen-bond donors (Lipinski definition) is 1. The van der Waals surface area contributed by atoms with Gasteiger partial charge in [0.15, 0.2) is 6.04 Å². The smallest absolute Gasteiger partial charge is 0.410 e. The summed E-state index contributed by atoms with van der Waals surface area (Å²) in [6, 6.07) is 7.68. The highest BCUT2D eigenvalue weighted by Gasteiger charge is 2.39. The zero-order valence-corrected chi connectivity index (χ0v) is 16.0. The SMILES string of the molecule is COC(=O)C1CN(C(=O)[C@@H](N)C(C)C)CCN1C(=O)OCc1ccccc1. The van der Waals surface area contributed by atoms with E-state index in [9.17, 15) is 14.4 Å². The molecule has 1 heterocycles. The van der Waals surface area contributed by atoms with Crippen LogP contribution in [0, 0.1) is 5.92 Å². The Kier molecular flexibility index (Phi) is 7.18. The summed E-state index contributed by atoms with van der Waals surface area (Å²) >= 11 is 0. The van der Waals surface area contributed by atoms with Crippen LogP contribution in [0.25, 0.3) is 0 Å². The van der Waals surface area contributed by atoms with Gasteiger partial charge in [0.2, 0.25) is 5.91 Å². The van der Waals surface area contributed by atoms with Crippen molar-refractivity contribution in [2.45, 2.75) is 32.5 Å². The van der Waals surface area contributed by atoms with Gasteiger partial charge in [-0.1, -0.05) is 44.2 Å². The van der Waals surface area contributed by atoms with E-state index in [0.717, 1.165) is 5.56 Å². The second-order valence-corrected chi connectivity index (χ2v) is 6.83. The normalized spacial score (nSPS) is 18.2. The fourth-order valence-corrected chi connectivity index (χ4v) is 2.84. The molecule has 1 unspecified atom stereocenters. The van der Waals surface area contributed by atoms with E-state index in [2.05, 4.69) is 0 Å². The number of methoxy groups -OCH3 is 1. The molecule has 27 heavy (non-hydrogen) atoms. The van der Waals surface area contributed by atoms with Crippen LogP contribution in [0.2, 0.25) is 0 Å². The van der Waals surface area contributed by atoms with Crippen LogP contribution in [0.15, 0.2) is 30.3 Å². The van der Waals surface area contributed by atoms with Crippen LogP contribution in [0.3, 0.4) is 0 Å². The van der Waals surface area contributed by atoms with Gasteiger partial charge in [0, 0.05) is 13.1 Å². The number of hydrogen-bond acceptors (Lipinski definition) is 6. The lowest BCUT2D eigenvalue weighted by Gasteiger charge is -2.40. The fraction of sp³-hybridized carbons (Fsp3) is 0.526. The third-order valence-electron chi connectivity index (χ3n) is 4.61. The lowest BCUT2D eigenvalue weighted by Crippen LogP contribution is -2.62. The molecule has 2 amide bonds. The Labute approximate surface area is 159 Å². The van der Waals surface area contributed by atoms with Crippen molar-refractivity contribution in [1.29, 1.82) is 0 Å². The summed E-state index contributed by atoms with van der Waals surface area (Å²) in [5.74, 6) is -0.860. The number of benzene rings is 1. The van der Waals surface area contributed by atoms with Crippen LogP contribution in [0.1, 0.15) is 19.4 Å². The summed E-state index contributed by atoms with van der Waals surface area (Å²) in [6.07, 6.45) is -0.616. The number of amides is 2. The molecule has 0 bridgehead atoms. The molecular weight excluding hydrogens is 350 g/mol. The van der Waals surface area contributed by atoms with Gasteiger partial charge in [-0.3, -0.25) is 9.69 Å². The Hall–Kier alpha value is -2.61. The van der Waals surface area contributed by atoms with Crippen molar-refractivity contribution in [3.8, 4) is 0 Å². The zero-order valence-electron chi connectivity index (χ0n) is 16.0. The van der Waals surface area contributed by atoms with Gasteiger partial charge in [0.25, 0.3) is 0 Å². The standard InChI is InChI=1S/C19H27N3O5/c1-13(2)16(20)17(23)21-9-10-22(15(11-21)18(24)26-3)19(25)27-12-14-7-5-4-6-8-14/h4-8,13,15-16H,9-12,20H2,1-3H3/t15?,16-/m0/s1. The minimum absolute atomic E-state index is 0.0251. The summed E-state index contributed by atoms with van der Waals surface area (Å²) in [5, 5.41) is 0. The molecule has 2 rings (SSSR count). The molecule has 0 aliphatic carbocycles. The van der Waals surface area contributed by atoms with E-state index < -0.39 is 24.1 Å². The Balaban J connectivity index is 2.04. The minimum Gasteiger partial charge on any atom is -0.467 e. The summed E-state index contributed by atoms with van der Waals surface area (Å²) in [4.78, 5) is 40.0. The molecule has 1 fully saturated rings. The second-order valence-electron chi connectivity index (χ2n) is 6.83. The first-order chi connectivity index (χ1) is 12.8. The van der Waals surface area contributed by atoms with Crippen LogP contribution >= 0.6 is 0 Å². The number of ether oxygens (including phenoxy) is 2. The van der Waals surface area contributed by atoms with Crippen molar-refractivity contribution in [2.24, 2.45) is 11.7 Å². The largest absolute Gasteiger partial charge is 0.467 e. The summed E-state index contributed by atoms with van der Waals surface area (Å²) < 4.78 is 10.1. The molecule has 148 valence electrons. The monoisotopic (exact) mass is 377 g/mol. The maximum absolute atomic E-state index is 12.5. The molecule has 1 saturated heterocycles. The second kappa shape index (κ2) is 9.36. The number of piperazine rings is 1. The van der Waals surface area contributed by atoms with Crippen molar-refractivity contribution < 1.29 is 23.9 Å². The zero-order chi connectivity index (χ0) is 20.0. The van der Waals surface area contributed by atoms with E-state index in [0.29, 0.717) is 0 Å². The summed E-state index contributed by atoms with van der Waals surface area (Å²) in [7, 11) is 1.25. The number of carbonyl (C=O) groups is 3. The van der Waals surface area contributed by atoms with E-state index in [1.54, 1.807) is 0 Å². The molecule has 0 spiro atoms. The number of nitrogens with zero attached hydrogens (tertiary/aromatic N) is 2. The predicted octanol–water partition coefficient (Wildman–Crippen LogP) is 0.992. The minimum atomic E-state index is -0.921. The quantitative estimate of drug-likeness (QED) is 0.768. The molecule has 8 heteroatoms. The number of carbonyl (C=O) groups excluding carboxylic acids is 3.